The van der Waals surface area contributed by atoms with E-state index in [0.29, 0.717) is 30.0 Å². The standard InChI is InChI=1S/C15H19ClN2O3/c1-10(19)18-9-3-6-13(20)15-11(7-8-14(17)21)4-2-5-12(15)16/h2,4-5H,3,6-9H2,1H3,(H2,17,21)(H,18,19). The van der Waals surface area contributed by atoms with Gasteiger partial charge in [0, 0.05) is 31.9 Å². The summed E-state index contributed by atoms with van der Waals surface area (Å²) in [4.78, 5) is 33.9. The molecule has 0 bridgehead atoms. The SMILES string of the molecule is CC(=O)NCCCC(=O)c1c(Cl)cccc1CCC(N)=O. The van der Waals surface area contributed by atoms with E-state index in [0.717, 1.165) is 5.56 Å². The number of nitrogens with one attached hydrogen (secondary N) is 1. The fraction of sp³-hybridized carbons (Fsp3) is 0.400. The Morgan fingerprint density at radius 3 is 2.57 bits per heavy atom. The Labute approximate surface area is 128 Å². The monoisotopic (exact) mass is 310 g/mol. The van der Waals surface area contributed by atoms with Crippen LogP contribution in [0.1, 0.15) is 42.1 Å². The summed E-state index contributed by atoms with van der Waals surface area (Å²) in [5.74, 6) is -0.633. The first kappa shape index (κ1) is 17.2. The van der Waals surface area contributed by atoms with Crippen LogP contribution < -0.4 is 11.1 Å². The van der Waals surface area contributed by atoms with Gasteiger partial charge in [-0.1, -0.05) is 23.7 Å². The Bertz CT molecular complexity index is 544. The van der Waals surface area contributed by atoms with Crippen molar-refractivity contribution in [2.45, 2.75) is 32.6 Å². The van der Waals surface area contributed by atoms with Crippen LogP contribution in [-0.4, -0.2) is 24.1 Å². The highest BCUT2D eigenvalue weighted by Gasteiger charge is 2.15. The van der Waals surface area contributed by atoms with Crippen molar-refractivity contribution in [3.05, 3.63) is 34.3 Å². The molecular weight excluding hydrogens is 292 g/mol. The second-order valence-electron chi connectivity index (χ2n) is 4.75. The maximum absolute atomic E-state index is 12.3. The zero-order valence-electron chi connectivity index (χ0n) is 11.9. The second-order valence-corrected chi connectivity index (χ2v) is 5.16. The summed E-state index contributed by atoms with van der Waals surface area (Å²) in [7, 11) is 0. The van der Waals surface area contributed by atoms with Crippen LogP contribution in [-0.2, 0) is 16.0 Å². The number of rotatable bonds is 8. The van der Waals surface area contributed by atoms with Crippen molar-refractivity contribution in [2.75, 3.05) is 6.54 Å². The van der Waals surface area contributed by atoms with Crippen LogP contribution in [0.2, 0.25) is 5.02 Å². The lowest BCUT2D eigenvalue weighted by Crippen LogP contribution is -2.21. The first-order valence-electron chi connectivity index (χ1n) is 6.75. The molecule has 2 amide bonds. The van der Waals surface area contributed by atoms with Crippen molar-refractivity contribution in [3.63, 3.8) is 0 Å². The Kier molecular flexibility index (Phi) is 6.88. The number of carbonyl (C=O) groups excluding carboxylic acids is 3. The highest BCUT2D eigenvalue weighted by atomic mass is 35.5. The molecule has 0 aliphatic heterocycles. The van der Waals surface area contributed by atoms with Crippen LogP contribution >= 0.6 is 11.6 Å². The van der Waals surface area contributed by atoms with E-state index in [4.69, 9.17) is 17.3 Å². The van der Waals surface area contributed by atoms with E-state index < -0.39 is 5.91 Å². The van der Waals surface area contributed by atoms with Gasteiger partial charge in [-0.25, -0.2) is 0 Å². The number of carbonyl (C=O) groups is 3. The van der Waals surface area contributed by atoms with E-state index in [1.807, 2.05) is 0 Å². The molecule has 0 saturated carbocycles. The second kappa shape index (κ2) is 8.42. The van der Waals surface area contributed by atoms with Crippen LogP contribution in [0.3, 0.4) is 0 Å². The van der Waals surface area contributed by atoms with Crippen molar-refractivity contribution < 1.29 is 14.4 Å². The van der Waals surface area contributed by atoms with E-state index in [-0.39, 0.29) is 24.5 Å². The first-order chi connectivity index (χ1) is 9.91. The number of nitrogens with two attached hydrogens (primary N) is 1. The molecule has 0 fully saturated rings. The molecule has 0 aromatic heterocycles. The summed E-state index contributed by atoms with van der Waals surface area (Å²) in [6.07, 6.45) is 1.39. The van der Waals surface area contributed by atoms with Crippen LogP contribution in [0, 0.1) is 0 Å². The van der Waals surface area contributed by atoms with E-state index in [2.05, 4.69) is 5.32 Å². The fourth-order valence-corrected chi connectivity index (χ4v) is 2.29. The normalized spacial score (nSPS) is 10.2. The van der Waals surface area contributed by atoms with E-state index in [1.54, 1.807) is 18.2 Å². The predicted octanol–water partition coefficient (Wildman–Crippen LogP) is 1.86. The van der Waals surface area contributed by atoms with E-state index in [9.17, 15) is 14.4 Å². The molecule has 1 aromatic rings. The Balaban J connectivity index is 2.72. The van der Waals surface area contributed by atoms with Gasteiger partial charge in [-0.15, -0.1) is 0 Å². The molecule has 0 spiro atoms. The summed E-state index contributed by atoms with van der Waals surface area (Å²) in [5, 5.41) is 3.01. The fourth-order valence-electron chi connectivity index (χ4n) is 1.99. The van der Waals surface area contributed by atoms with Crippen molar-refractivity contribution in [1.29, 1.82) is 0 Å². The highest BCUT2D eigenvalue weighted by Crippen LogP contribution is 2.23. The third kappa shape index (κ3) is 5.95. The Hall–Kier alpha value is -1.88. The predicted molar refractivity (Wildman–Crippen MR) is 81.2 cm³/mol. The quantitative estimate of drug-likeness (QED) is 0.567. The number of Topliss-reactive ketones (excluding diaryl/α,β-unsaturated/α-hetero) is 1. The van der Waals surface area contributed by atoms with Gasteiger partial charge >= 0.3 is 0 Å². The molecule has 0 saturated heterocycles. The lowest BCUT2D eigenvalue weighted by atomic mass is 9.97. The molecule has 21 heavy (non-hydrogen) atoms. The number of hydrogen-bond donors (Lipinski definition) is 2. The minimum Gasteiger partial charge on any atom is -0.370 e. The summed E-state index contributed by atoms with van der Waals surface area (Å²) < 4.78 is 0. The minimum atomic E-state index is -0.418. The van der Waals surface area contributed by atoms with Gasteiger partial charge in [-0.05, 0) is 24.5 Å². The number of halogens is 1. The van der Waals surface area contributed by atoms with Gasteiger partial charge < -0.3 is 11.1 Å². The minimum absolute atomic E-state index is 0.0922. The van der Waals surface area contributed by atoms with Crippen LogP contribution in [0.5, 0.6) is 0 Å². The third-order valence-corrected chi connectivity index (χ3v) is 3.29. The lowest BCUT2D eigenvalue weighted by Gasteiger charge is -2.10. The topological polar surface area (TPSA) is 89.3 Å². The summed E-state index contributed by atoms with van der Waals surface area (Å²) in [6.45, 7) is 1.87. The number of benzene rings is 1. The molecule has 0 unspecified atom stereocenters. The van der Waals surface area contributed by atoms with E-state index >= 15 is 0 Å². The molecule has 6 heteroatoms. The average molecular weight is 311 g/mol. The smallest absolute Gasteiger partial charge is 0.217 e. The van der Waals surface area contributed by atoms with Gasteiger partial charge in [-0.3, -0.25) is 14.4 Å². The molecule has 1 aromatic carbocycles. The maximum atomic E-state index is 12.3. The molecule has 0 aliphatic rings. The highest BCUT2D eigenvalue weighted by molar-refractivity contribution is 6.34. The van der Waals surface area contributed by atoms with Gasteiger partial charge in [0.15, 0.2) is 5.78 Å². The molecular formula is C15H19ClN2O3. The summed E-state index contributed by atoms with van der Waals surface area (Å²) >= 11 is 6.10. The van der Waals surface area contributed by atoms with E-state index in [1.165, 1.54) is 6.92 Å². The van der Waals surface area contributed by atoms with Gasteiger partial charge in [0.2, 0.25) is 11.8 Å². The summed E-state index contributed by atoms with van der Waals surface area (Å²) in [5.41, 5.74) is 6.31. The summed E-state index contributed by atoms with van der Waals surface area (Å²) in [6, 6.07) is 5.17. The zero-order valence-corrected chi connectivity index (χ0v) is 12.7. The zero-order chi connectivity index (χ0) is 15.8. The number of ketones is 1. The number of hydrogen-bond acceptors (Lipinski definition) is 3. The third-order valence-electron chi connectivity index (χ3n) is 2.97. The molecule has 0 aliphatic carbocycles. The van der Waals surface area contributed by atoms with Crippen molar-refractivity contribution in [2.24, 2.45) is 5.73 Å². The molecule has 114 valence electrons. The largest absolute Gasteiger partial charge is 0.370 e. The van der Waals surface area contributed by atoms with Crippen LogP contribution in [0.25, 0.3) is 0 Å². The average Bonchev–Trinajstić information content (AvgIpc) is 2.40. The Morgan fingerprint density at radius 1 is 1.24 bits per heavy atom. The van der Waals surface area contributed by atoms with Gasteiger partial charge in [0.25, 0.3) is 0 Å². The van der Waals surface area contributed by atoms with Crippen LogP contribution in [0.4, 0.5) is 0 Å². The van der Waals surface area contributed by atoms with Crippen molar-refractivity contribution in [3.8, 4) is 0 Å². The molecule has 5 nitrogen and oxygen atoms in total. The number of aryl methyl sites for hydroxylation is 1. The van der Waals surface area contributed by atoms with Crippen molar-refractivity contribution >= 4 is 29.2 Å². The maximum Gasteiger partial charge on any atom is 0.217 e. The molecule has 0 atom stereocenters. The molecule has 3 N–H and O–H groups in total. The lowest BCUT2D eigenvalue weighted by molar-refractivity contribution is -0.119. The number of amides is 2. The molecule has 1 rings (SSSR count). The molecule has 0 heterocycles. The van der Waals surface area contributed by atoms with Crippen molar-refractivity contribution in [1.82, 2.24) is 5.32 Å². The van der Waals surface area contributed by atoms with Gasteiger partial charge in [0.1, 0.15) is 0 Å². The van der Waals surface area contributed by atoms with Gasteiger partial charge in [-0.2, -0.15) is 0 Å². The van der Waals surface area contributed by atoms with Gasteiger partial charge in [0.05, 0.1) is 5.02 Å². The Morgan fingerprint density at radius 2 is 1.95 bits per heavy atom. The number of primary amides is 1. The first-order valence-corrected chi connectivity index (χ1v) is 7.13. The molecule has 0 radical (unpaired) electrons. The van der Waals surface area contributed by atoms with Crippen LogP contribution in [0.15, 0.2) is 18.2 Å².